The lowest BCUT2D eigenvalue weighted by Gasteiger charge is -2.11. The molecular weight excluding hydrogens is 235 g/mol. The van der Waals surface area contributed by atoms with E-state index in [0.717, 1.165) is 25.9 Å². The van der Waals surface area contributed by atoms with E-state index in [2.05, 4.69) is 10.6 Å². The lowest BCUT2D eigenvalue weighted by molar-refractivity contribution is 0.105. The first-order valence-electron chi connectivity index (χ1n) is 6.16. The van der Waals surface area contributed by atoms with Crippen LogP contribution in [0.15, 0.2) is 24.3 Å². The quantitative estimate of drug-likeness (QED) is 0.865. The predicted octanol–water partition coefficient (Wildman–Crippen LogP) is 2.52. The van der Waals surface area contributed by atoms with E-state index in [9.17, 15) is 9.18 Å². The lowest BCUT2D eigenvalue weighted by Crippen LogP contribution is -2.31. The molecule has 2 N–H and O–H groups in total. The van der Waals surface area contributed by atoms with E-state index in [1.165, 1.54) is 12.1 Å². The molecule has 0 saturated carbocycles. The van der Waals surface area contributed by atoms with Crippen LogP contribution in [0, 0.1) is 5.82 Å². The van der Waals surface area contributed by atoms with Gasteiger partial charge >= 0.3 is 6.03 Å². The Hall–Kier alpha value is -1.62. The van der Waals surface area contributed by atoms with Crippen molar-refractivity contribution in [2.75, 3.05) is 18.5 Å². The maximum Gasteiger partial charge on any atom is 0.319 e. The number of ether oxygens (including phenoxy) is 1. The first-order valence-corrected chi connectivity index (χ1v) is 6.16. The van der Waals surface area contributed by atoms with Crippen LogP contribution in [0.2, 0.25) is 0 Å². The number of halogens is 1. The number of rotatable bonds is 4. The number of para-hydroxylation sites is 1. The van der Waals surface area contributed by atoms with Gasteiger partial charge in [-0.1, -0.05) is 12.1 Å². The molecule has 0 spiro atoms. The van der Waals surface area contributed by atoms with Gasteiger partial charge in [0.25, 0.3) is 0 Å². The minimum absolute atomic E-state index is 0.187. The van der Waals surface area contributed by atoms with Crippen LogP contribution in [-0.2, 0) is 4.74 Å². The van der Waals surface area contributed by atoms with Crippen molar-refractivity contribution >= 4 is 11.7 Å². The fourth-order valence-electron chi connectivity index (χ4n) is 1.95. The number of urea groups is 1. The van der Waals surface area contributed by atoms with Crippen LogP contribution in [-0.4, -0.2) is 25.3 Å². The fourth-order valence-corrected chi connectivity index (χ4v) is 1.95. The zero-order valence-corrected chi connectivity index (χ0v) is 10.1. The van der Waals surface area contributed by atoms with E-state index in [1.807, 2.05) is 0 Å². The van der Waals surface area contributed by atoms with Crippen molar-refractivity contribution in [1.29, 1.82) is 0 Å². The minimum Gasteiger partial charge on any atom is -0.378 e. The third-order valence-electron chi connectivity index (χ3n) is 2.90. The first kappa shape index (κ1) is 12.8. The van der Waals surface area contributed by atoms with E-state index in [-0.39, 0.29) is 11.8 Å². The maximum absolute atomic E-state index is 13.3. The molecular formula is C13H17FN2O2. The number of amides is 2. The summed E-state index contributed by atoms with van der Waals surface area (Å²) < 4.78 is 18.7. The zero-order chi connectivity index (χ0) is 12.8. The molecule has 0 radical (unpaired) electrons. The fraction of sp³-hybridized carbons (Fsp3) is 0.462. The largest absolute Gasteiger partial charge is 0.378 e. The number of hydrogen-bond donors (Lipinski definition) is 2. The molecule has 1 heterocycles. The van der Waals surface area contributed by atoms with E-state index >= 15 is 0 Å². The Bertz CT molecular complexity index is 406. The lowest BCUT2D eigenvalue weighted by atomic mass is 10.2. The second-order valence-electron chi connectivity index (χ2n) is 4.28. The third kappa shape index (κ3) is 3.70. The van der Waals surface area contributed by atoms with Crippen LogP contribution in [0.1, 0.15) is 19.3 Å². The summed E-state index contributed by atoms with van der Waals surface area (Å²) in [6.45, 7) is 1.34. The molecule has 18 heavy (non-hydrogen) atoms. The van der Waals surface area contributed by atoms with Gasteiger partial charge in [0.05, 0.1) is 11.8 Å². The number of nitrogens with one attached hydrogen (secondary N) is 2. The molecule has 1 fully saturated rings. The topological polar surface area (TPSA) is 50.4 Å². The molecule has 1 saturated heterocycles. The van der Waals surface area contributed by atoms with Crippen molar-refractivity contribution in [3.05, 3.63) is 30.1 Å². The summed E-state index contributed by atoms with van der Waals surface area (Å²) in [5.74, 6) is -0.438. The SMILES string of the molecule is O=C(NCC[C@H]1CCCO1)Nc1ccccc1F. The molecule has 98 valence electrons. The van der Waals surface area contributed by atoms with Gasteiger partial charge in [-0.15, -0.1) is 0 Å². The van der Waals surface area contributed by atoms with Crippen molar-refractivity contribution in [3.63, 3.8) is 0 Å². The molecule has 2 rings (SSSR count). The summed E-state index contributed by atoms with van der Waals surface area (Å²) in [5.41, 5.74) is 0.187. The smallest absolute Gasteiger partial charge is 0.319 e. The molecule has 1 aromatic rings. The van der Waals surface area contributed by atoms with Gasteiger partial charge in [0.1, 0.15) is 5.82 Å². The molecule has 1 atom stereocenters. The molecule has 4 nitrogen and oxygen atoms in total. The van der Waals surface area contributed by atoms with E-state index in [1.54, 1.807) is 12.1 Å². The van der Waals surface area contributed by atoms with Gasteiger partial charge in [-0.25, -0.2) is 9.18 Å². The monoisotopic (exact) mass is 252 g/mol. The van der Waals surface area contributed by atoms with Gasteiger partial charge in [0, 0.05) is 13.2 Å². The van der Waals surface area contributed by atoms with Gasteiger partial charge in [-0.3, -0.25) is 0 Å². The normalized spacial score (nSPS) is 18.6. The minimum atomic E-state index is -0.438. The van der Waals surface area contributed by atoms with Gasteiger partial charge in [0.15, 0.2) is 0 Å². The van der Waals surface area contributed by atoms with Gasteiger partial charge in [-0.2, -0.15) is 0 Å². The second-order valence-corrected chi connectivity index (χ2v) is 4.28. The summed E-state index contributed by atoms with van der Waals surface area (Å²) in [6, 6.07) is 5.69. The van der Waals surface area contributed by atoms with Crippen molar-refractivity contribution in [2.45, 2.75) is 25.4 Å². The molecule has 0 bridgehead atoms. The molecule has 0 aromatic heterocycles. The Balaban J connectivity index is 1.70. The van der Waals surface area contributed by atoms with E-state index in [4.69, 9.17) is 4.74 Å². The summed E-state index contributed by atoms with van der Waals surface area (Å²) >= 11 is 0. The Morgan fingerprint density at radius 1 is 1.44 bits per heavy atom. The Labute approximate surface area is 106 Å². The van der Waals surface area contributed by atoms with Crippen LogP contribution < -0.4 is 10.6 Å². The standard InChI is InChI=1S/C13H17FN2O2/c14-11-5-1-2-6-12(11)16-13(17)15-8-7-10-4-3-9-18-10/h1-2,5-6,10H,3-4,7-9H2,(H2,15,16,17)/t10-/m1/s1. The van der Waals surface area contributed by atoms with Crippen LogP contribution in [0.4, 0.5) is 14.9 Å². The van der Waals surface area contributed by atoms with Crippen molar-refractivity contribution in [2.24, 2.45) is 0 Å². The highest BCUT2D eigenvalue weighted by molar-refractivity contribution is 5.89. The average Bonchev–Trinajstić information content (AvgIpc) is 2.85. The Morgan fingerprint density at radius 2 is 2.28 bits per heavy atom. The molecule has 5 heteroatoms. The molecule has 1 aliphatic heterocycles. The summed E-state index contributed by atoms with van der Waals surface area (Å²) in [7, 11) is 0. The molecule has 0 unspecified atom stereocenters. The van der Waals surface area contributed by atoms with Crippen LogP contribution in [0.25, 0.3) is 0 Å². The summed E-state index contributed by atoms with van der Waals surface area (Å²) in [6.07, 6.45) is 3.19. The zero-order valence-electron chi connectivity index (χ0n) is 10.1. The summed E-state index contributed by atoms with van der Waals surface area (Å²) in [5, 5.41) is 5.16. The highest BCUT2D eigenvalue weighted by atomic mass is 19.1. The van der Waals surface area contributed by atoms with Crippen molar-refractivity contribution in [1.82, 2.24) is 5.32 Å². The molecule has 1 aromatic carbocycles. The Morgan fingerprint density at radius 3 is 3.00 bits per heavy atom. The first-order chi connectivity index (χ1) is 8.75. The van der Waals surface area contributed by atoms with E-state index < -0.39 is 11.8 Å². The maximum atomic E-state index is 13.3. The number of benzene rings is 1. The summed E-state index contributed by atoms with van der Waals surface area (Å²) in [4.78, 5) is 11.5. The molecule has 1 aliphatic rings. The highest BCUT2D eigenvalue weighted by Crippen LogP contribution is 2.14. The molecule has 0 aliphatic carbocycles. The predicted molar refractivity (Wildman–Crippen MR) is 67.0 cm³/mol. The van der Waals surface area contributed by atoms with Crippen molar-refractivity contribution in [3.8, 4) is 0 Å². The van der Waals surface area contributed by atoms with Gasteiger partial charge in [0.2, 0.25) is 0 Å². The second kappa shape index (κ2) is 6.35. The number of anilines is 1. The van der Waals surface area contributed by atoms with Crippen LogP contribution in [0.3, 0.4) is 0 Å². The van der Waals surface area contributed by atoms with Crippen LogP contribution in [0.5, 0.6) is 0 Å². The molecule has 2 amide bonds. The highest BCUT2D eigenvalue weighted by Gasteiger charge is 2.15. The van der Waals surface area contributed by atoms with Crippen molar-refractivity contribution < 1.29 is 13.9 Å². The number of hydrogen-bond acceptors (Lipinski definition) is 2. The van der Waals surface area contributed by atoms with Gasteiger partial charge < -0.3 is 15.4 Å². The van der Waals surface area contributed by atoms with Crippen LogP contribution >= 0.6 is 0 Å². The third-order valence-corrected chi connectivity index (χ3v) is 2.90. The number of carbonyl (C=O) groups is 1. The Kier molecular flexibility index (Phi) is 4.52. The van der Waals surface area contributed by atoms with Gasteiger partial charge in [-0.05, 0) is 31.4 Å². The number of carbonyl (C=O) groups excluding carboxylic acids is 1. The van der Waals surface area contributed by atoms with E-state index in [0.29, 0.717) is 6.54 Å². The average molecular weight is 252 g/mol.